The lowest BCUT2D eigenvalue weighted by molar-refractivity contribution is -0.142. The van der Waals surface area contributed by atoms with Gasteiger partial charge in [-0.25, -0.2) is 0 Å². The molecule has 5 nitrogen and oxygen atoms in total. The van der Waals surface area contributed by atoms with Crippen molar-refractivity contribution in [3.05, 3.63) is 48.0 Å². The summed E-state index contributed by atoms with van der Waals surface area (Å²) in [5.74, 6) is -0.485. The number of para-hydroxylation sites is 1. The van der Waals surface area contributed by atoms with Crippen LogP contribution < -0.4 is 5.32 Å². The molecule has 0 saturated carbocycles. The van der Waals surface area contributed by atoms with Crippen molar-refractivity contribution >= 4 is 33.7 Å². The molecule has 0 bridgehead atoms. The smallest absolute Gasteiger partial charge is 0.307 e. The van der Waals surface area contributed by atoms with Crippen molar-refractivity contribution in [3.63, 3.8) is 0 Å². The normalized spacial score (nSPS) is 11.2. The fourth-order valence-corrected chi connectivity index (χ4v) is 3.31. The lowest BCUT2D eigenvalue weighted by Crippen LogP contribution is -2.26. The summed E-state index contributed by atoms with van der Waals surface area (Å²) in [5.41, 5.74) is 2.87. The average Bonchev–Trinajstić information content (AvgIpc) is 2.95. The van der Waals surface area contributed by atoms with Crippen molar-refractivity contribution in [1.29, 1.82) is 0 Å². The lowest BCUT2D eigenvalue weighted by atomic mass is 10.1. The van der Waals surface area contributed by atoms with Crippen LogP contribution in [0, 0.1) is 0 Å². The van der Waals surface area contributed by atoms with E-state index in [1.54, 1.807) is 6.92 Å². The van der Waals surface area contributed by atoms with E-state index in [0.29, 0.717) is 18.2 Å². The number of ether oxygens (including phenoxy) is 1. The molecule has 0 aliphatic carbocycles. The topological polar surface area (TPSA) is 60.3 Å². The SMILES string of the molecule is CCOC(=O)CCNC(=O)c1ccc2c(c1)c1ccccc1n2C(C)C. The van der Waals surface area contributed by atoms with Crippen LogP contribution in [0.25, 0.3) is 21.8 Å². The maximum Gasteiger partial charge on any atom is 0.307 e. The van der Waals surface area contributed by atoms with Gasteiger partial charge in [0.2, 0.25) is 0 Å². The molecule has 0 radical (unpaired) electrons. The average molecular weight is 352 g/mol. The predicted molar refractivity (Wildman–Crippen MR) is 103 cm³/mol. The van der Waals surface area contributed by atoms with Crippen molar-refractivity contribution in [1.82, 2.24) is 9.88 Å². The third-order valence-electron chi connectivity index (χ3n) is 4.41. The Morgan fingerprint density at radius 1 is 1.08 bits per heavy atom. The highest BCUT2D eigenvalue weighted by atomic mass is 16.5. The minimum Gasteiger partial charge on any atom is -0.466 e. The first-order chi connectivity index (χ1) is 12.5. The molecule has 2 aromatic carbocycles. The van der Waals surface area contributed by atoms with E-state index in [0.717, 1.165) is 21.8 Å². The molecule has 3 rings (SSSR count). The van der Waals surface area contributed by atoms with Crippen LogP contribution in [0.15, 0.2) is 42.5 Å². The van der Waals surface area contributed by atoms with Crippen LogP contribution in [-0.2, 0) is 9.53 Å². The zero-order chi connectivity index (χ0) is 18.7. The predicted octanol–water partition coefficient (Wildman–Crippen LogP) is 4.06. The van der Waals surface area contributed by atoms with Crippen molar-refractivity contribution in [2.24, 2.45) is 0 Å². The number of hydrogen-bond acceptors (Lipinski definition) is 3. The van der Waals surface area contributed by atoms with Gasteiger partial charge < -0.3 is 14.6 Å². The van der Waals surface area contributed by atoms with Crippen molar-refractivity contribution < 1.29 is 14.3 Å². The molecule has 0 fully saturated rings. The Bertz CT molecular complexity index is 956. The summed E-state index contributed by atoms with van der Waals surface area (Å²) in [5, 5.41) is 4.98. The van der Waals surface area contributed by atoms with Crippen LogP contribution in [0.4, 0.5) is 0 Å². The second kappa shape index (κ2) is 7.60. The summed E-state index contributed by atoms with van der Waals surface area (Å²) in [6.45, 7) is 6.69. The highest BCUT2D eigenvalue weighted by Gasteiger charge is 2.15. The first-order valence-corrected chi connectivity index (χ1v) is 8.99. The summed E-state index contributed by atoms with van der Waals surface area (Å²) in [6.07, 6.45) is 0.175. The number of nitrogens with one attached hydrogen (secondary N) is 1. The van der Waals surface area contributed by atoms with Crippen LogP contribution in [0.2, 0.25) is 0 Å². The molecule has 0 aliphatic rings. The Kier molecular flexibility index (Phi) is 5.26. The molecule has 1 N–H and O–H groups in total. The minimum absolute atomic E-state index is 0.175. The van der Waals surface area contributed by atoms with Crippen molar-refractivity contribution in [2.75, 3.05) is 13.2 Å². The number of amides is 1. The Balaban J connectivity index is 1.88. The third kappa shape index (κ3) is 3.43. The van der Waals surface area contributed by atoms with Gasteiger partial charge in [-0.3, -0.25) is 9.59 Å². The van der Waals surface area contributed by atoms with Crippen LogP contribution in [0.3, 0.4) is 0 Å². The van der Waals surface area contributed by atoms with Gasteiger partial charge in [0, 0.05) is 40.0 Å². The number of benzene rings is 2. The zero-order valence-corrected chi connectivity index (χ0v) is 15.4. The molecular formula is C21H24N2O3. The highest BCUT2D eigenvalue weighted by Crippen LogP contribution is 2.32. The summed E-state index contributed by atoms with van der Waals surface area (Å²) < 4.78 is 7.15. The number of esters is 1. The van der Waals surface area contributed by atoms with Crippen molar-refractivity contribution in [3.8, 4) is 0 Å². The van der Waals surface area contributed by atoms with Crippen LogP contribution in [0.1, 0.15) is 43.6 Å². The fraction of sp³-hybridized carbons (Fsp3) is 0.333. The molecule has 5 heteroatoms. The Morgan fingerprint density at radius 3 is 2.54 bits per heavy atom. The van der Waals surface area contributed by atoms with E-state index in [2.05, 4.69) is 35.9 Å². The number of aromatic nitrogens is 1. The van der Waals surface area contributed by atoms with E-state index in [1.165, 1.54) is 0 Å². The quantitative estimate of drug-likeness (QED) is 0.681. The molecule has 1 aromatic heterocycles. The van der Waals surface area contributed by atoms with Gasteiger partial charge in [0.25, 0.3) is 5.91 Å². The van der Waals surface area contributed by atoms with E-state index in [4.69, 9.17) is 4.74 Å². The molecule has 0 atom stereocenters. The van der Waals surface area contributed by atoms with Gasteiger partial charge in [0.15, 0.2) is 0 Å². The van der Waals surface area contributed by atoms with Crippen molar-refractivity contribution in [2.45, 2.75) is 33.2 Å². The van der Waals surface area contributed by atoms with Gasteiger partial charge in [0.1, 0.15) is 0 Å². The van der Waals surface area contributed by atoms with Gasteiger partial charge in [-0.1, -0.05) is 18.2 Å². The second-order valence-electron chi connectivity index (χ2n) is 6.52. The number of carbonyl (C=O) groups excluding carboxylic acids is 2. The van der Waals surface area contributed by atoms with Gasteiger partial charge >= 0.3 is 5.97 Å². The van der Waals surface area contributed by atoms with Crippen LogP contribution in [-0.4, -0.2) is 29.6 Å². The summed E-state index contributed by atoms with van der Waals surface area (Å²) in [4.78, 5) is 23.8. The van der Waals surface area contributed by atoms with E-state index < -0.39 is 0 Å². The minimum atomic E-state index is -0.303. The first-order valence-electron chi connectivity index (χ1n) is 8.99. The number of carbonyl (C=O) groups is 2. The van der Waals surface area contributed by atoms with E-state index in [1.807, 2.05) is 30.3 Å². The molecule has 0 aliphatic heterocycles. The number of hydrogen-bond donors (Lipinski definition) is 1. The summed E-state index contributed by atoms with van der Waals surface area (Å²) in [6, 6.07) is 14.3. The second-order valence-corrected chi connectivity index (χ2v) is 6.52. The highest BCUT2D eigenvalue weighted by molar-refractivity contribution is 6.10. The van der Waals surface area contributed by atoms with Crippen LogP contribution in [0.5, 0.6) is 0 Å². The molecule has 0 unspecified atom stereocenters. The molecule has 1 heterocycles. The molecule has 3 aromatic rings. The monoisotopic (exact) mass is 352 g/mol. The Morgan fingerprint density at radius 2 is 1.81 bits per heavy atom. The van der Waals surface area contributed by atoms with E-state index in [-0.39, 0.29) is 24.8 Å². The lowest BCUT2D eigenvalue weighted by Gasteiger charge is -2.11. The maximum absolute atomic E-state index is 12.4. The molecule has 0 spiro atoms. The third-order valence-corrected chi connectivity index (χ3v) is 4.41. The first kappa shape index (κ1) is 18.0. The molecular weight excluding hydrogens is 328 g/mol. The van der Waals surface area contributed by atoms with E-state index >= 15 is 0 Å². The van der Waals surface area contributed by atoms with Gasteiger partial charge in [-0.15, -0.1) is 0 Å². The molecule has 0 saturated heterocycles. The summed E-state index contributed by atoms with van der Waals surface area (Å²) in [7, 11) is 0. The molecule has 1 amide bonds. The zero-order valence-electron chi connectivity index (χ0n) is 15.4. The van der Waals surface area contributed by atoms with Gasteiger partial charge in [-0.2, -0.15) is 0 Å². The molecule has 136 valence electrons. The Hall–Kier alpha value is -2.82. The largest absolute Gasteiger partial charge is 0.466 e. The maximum atomic E-state index is 12.4. The standard InChI is InChI=1S/C21H24N2O3/c1-4-26-20(24)11-12-22-21(25)15-9-10-19-17(13-15)16-7-5-6-8-18(16)23(19)14(2)3/h5-10,13-14H,4,11-12H2,1-3H3,(H,22,25). The van der Waals surface area contributed by atoms with Gasteiger partial charge in [0.05, 0.1) is 13.0 Å². The van der Waals surface area contributed by atoms with E-state index in [9.17, 15) is 9.59 Å². The number of fused-ring (bicyclic) bond motifs is 3. The summed E-state index contributed by atoms with van der Waals surface area (Å²) >= 11 is 0. The van der Waals surface area contributed by atoms with Crippen LogP contribution >= 0.6 is 0 Å². The number of nitrogens with zero attached hydrogens (tertiary/aromatic N) is 1. The van der Waals surface area contributed by atoms with Gasteiger partial charge in [-0.05, 0) is 45.0 Å². The number of rotatable bonds is 6. The fourth-order valence-electron chi connectivity index (χ4n) is 3.31. The Labute approximate surface area is 152 Å². The molecule has 26 heavy (non-hydrogen) atoms.